The molecule has 0 aliphatic heterocycles. The molecule has 2 aromatic carbocycles. The number of carbonyl (C=O) groups is 2. The fraction of sp³-hybridized carbons (Fsp3) is 0.273. The quantitative estimate of drug-likeness (QED) is 0.603. The molecule has 0 spiro atoms. The van der Waals surface area contributed by atoms with E-state index in [2.05, 4.69) is 5.32 Å². The van der Waals surface area contributed by atoms with E-state index in [1.54, 1.807) is 12.1 Å². The van der Waals surface area contributed by atoms with Gasteiger partial charge in [0.1, 0.15) is 5.69 Å². The van der Waals surface area contributed by atoms with E-state index in [1.165, 1.54) is 0 Å². The molecule has 7 heteroatoms. The molecule has 1 fully saturated rings. The van der Waals surface area contributed by atoms with Crippen molar-refractivity contribution in [2.75, 3.05) is 0 Å². The molecule has 1 amide bonds. The van der Waals surface area contributed by atoms with Gasteiger partial charge < -0.3 is 15.0 Å². The van der Waals surface area contributed by atoms with Gasteiger partial charge in [0.15, 0.2) is 0 Å². The molecule has 150 valence electrons. The summed E-state index contributed by atoms with van der Waals surface area (Å²) in [6, 6.07) is 12.8. The van der Waals surface area contributed by atoms with E-state index >= 15 is 0 Å². The van der Waals surface area contributed by atoms with Crippen molar-refractivity contribution in [1.82, 2.24) is 9.88 Å². The first-order valence-electron chi connectivity index (χ1n) is 9.38. The fourth-order valence-corrected chi connectivity index (χ4v) is 4.36. The van der Waals surface area contributed by atoms with Crippen LogP contribution in [0.2, 0.25) is 10.0 Å². The van der Waals surface area contributed by atoms with Crippen molar-refractivity contribution in [2.24, 2.45) is 7.05 Å². The Hall–Kier alpha value is -2.50. The van der Waals surface area contributed by atoms with Gasteiger partial charge in [0, 0.05) is 18.0 Å². The Morgan fingerprint density at radius 1 is 1.14 bits per heavy atom. The van der Waals surface area contributed by atoms with Crippen LogP contribution in [-0.4, -0.2) is 21.6 Å². The predicted molar refractivity (Wildman–Crippen MR) is 114 cm³/mol. The summed E-state index contributed by atoms with van der Waals surface area (Å²) in [5.41, 5.74) is 2.65. The third-order valence-electron chi connectivity index (χ3n) is 5.77. The van der Waals surface area contributed by atoms with Crippen molar-refractivity contribution in [3.8, 4) is 0 Å². The van der Waals surface area contributed by atoms with Gasteiger partial charge in [-0.15, -0.1) is 0 Å². The van der Waals surface area contributed by atoms with Crippen LogP contribution < -0.4 is 5.32 Å². The highest BCUT2D eigenvalue weighted by Crippen LogP contribution is 2.42. The Morgan fingerprint density at radius 2 is 1.83 bits per heavy atom. The number of carboxylic acid groups (broad SMARTS) is 1. The summed E-state index contributed by atoms with van der Waals surface area (Å²) in [6.07, 6.45) is 2.69. The molecule has 0 unspecified atom stereocenters. The zero-order chi connectivity index (χ0) is 20.8. The minimum atomic E-state index is -0.862. The number of benzene rings is 2. The molecular formula is C22H20Cl2N2O3. The van der Waals surface area contributed by atoms with Gasteiger partial charge in [0.2, 0.25) is 0 Å². The molecule has 1 saturated carbocycles. The SMILES string of the molecule is Cn1c(C(=O)NC2(c3ccc(CC(=O)O)cc3)CCC2)cc2c(Cl)c(Cl)ccc21. The van der Waals surface area contributed by atoms with Gasteiger partial charge in [0.25, 0.3) is 5.91 Å². The second-order valence-corrected chi connectivity index (χ2v) is 8.33. The number of carboxylic acids is 1. The first-order chi connectivity index (χ1) is 13.8. The molecule has 29 heavy (non-hydrogen) atoms. The maximum Gasteiger partial charge on any atom is 0.307 e. The lowest BCUT2D eigenvalue weighted by Gasteiger charge is -2.43. The van der Waals surface area contributed by atoms with Crippen molar-refractivity contribution in [3.63, 3.8) is 0 Å². The number of nitrogens with one attached hydrogen (secondary N) is 1. The van der Waals surface area contributed by atoms with Crippen molar-refractivity contribution >= 4 is 46.0 Å². The summed E-state index contributed by atoms with van der Waals surface area (Å²) < 4.78 is 1.81. The first-order valence-corrected chi connectivity index (χ1v) is 10.1. The number of aromatic nitrogens is 1. The Kier molecular flexibility index (Phi) is 5.05. The molecule has 4 rings (SSSR count). The highest BCUT2D eigenvalue weighted by atomic mass is 35.5. The van der Waals surface area contributed by atoms with Crippen LogP contribution in [0.4, 0.5) is 0 Å². The maximum absolute atomic E-state index is 13.1. The topological polar surface area (TPSA) is 71.3 Å². The first kappa shape index (κ1) is 19.8. The minimum absolute atomic E-state index is 0.0150. The standard InChI is InChI=1S/C22H20Cl2N2O3/c1-26-17-8-7-16(23)20(24)15(17)12-18(26)21(29)25-22(9-2-10-22)14-5-3-13(4-6-14)11-19(27)28/h3-8,12H,2,9-11H2,1H3,(H,25,29)(H,27,28). The summed E-state index contributed by atoms with van der Waals surface area (Å²) in [4.78, 5) is 24.0. The number of halogens is 2. The highest BCUT2D eigenvalue weighted by Gasteiger charge is 2.40. The zero-order valence-electron chi connectivity index (χ0n) is 15.8. The number of carbonyl (C=O) groups excluding carboxylic acids is 1. The van der Waals surface area contributed by atoms with E-state index in [0.29, 0.717) is 15.7 Å². The van der Waals surface area contributed by atoms with E-state index in [4.69, 9.17) is 28.3 Å². The number of nitrogens with zero attached hydrogens (tertiary/aromatic N) is 1. The largest absolute Gasteiger partial charge is 0.481 e. The van der Waals surface area contributed by atoms with Gasteiger partial charge in [-0.2, -0.15) is 0 Å². The number of fused-ring (bicyclic) bond motifs is 1. The van der Waals surface area contributed by atoms with Crippen LogP contribution in [0.5, 0.6) is 0 Å². The monoisotopic (exact) mass is 430 g/mol. The summed E-state index contributed by atoms with van der Waals surface area (Å²) in [7, 11) is 1.83. The Balaban J connectivity index is 1.63. The van der Waals surface area contributed by atoms with Gasteiger partial charge in [-0.05, 0) is 48.6 Å². The Bertz CT molecular complexity index is 1120. The van der Waals surface area contributed by atoms with Crippen molar-refractivity contribution < 1.29 is 14.7 Å². The van der Waals surface area contributed by atoms with Crippen LogP contribution in [0.25, 0.3) is 10.9 Å². The molecule has 1 aliphatic carbocycles. The van der Waals surface area contributed by atoms with E-state index in [1.807, 2.05) is 41.9 Å². The molecule has 1 heterocycles. The van der Waals surface area contributed by atoms with Gasteiger partial charge in [0.05, 0.1) is 22.0 Å². The van der Waals surface area contributed by atoms with Gasteiger partial charge in [-0.3, -0.25) is 9.59 Å². The van der Waals surface area contributed by atoms with E-state index in [9.17, 15) is 9.59 Å². The Morgan fingerprint density at radius 3 is 2.41 bits per heavy atom. The molecule has 0 atom stereocenters. The lowest BCUT2D eigenvalue weighted by Crippen LogP contribution is -2.51. The molecule has 1 aliphatic rings. The molecule has 0 bridgehead atoms. The third-order valence-corrected chi connectivity index (χ3v) is 6.59. The molecule has 0 radical (unpaired) electrons. The lowest BCUT2D eigenvalue weighted by molar-refractivity contribution is -0.136. The second kappa shape index (κ2) is 7.39. The number of amides is 1. The normalized spacial score (nSPS) is 15.1. The van der Waals surface area contributed by atoms with E-state index < -0.39 is 11.5 Å². The van der Waals surface area contributed by atoms with E-state index in [0.717, 1.165) is 41.3 Å². The van der Waals surface area contributed by atoms with Crippen LogP contribution in [0.1, 0.15) is 40.9 Å². The van der Waals surface area contributed by atoms with Crippen molar-refractivity contribution in [3.05, 3.63) is 69.3 Å². The summed E-state index contributed by atoms with van der Waals surface area (Å²) in [5, 5.41) is 13.8. The summed E-state index contributed by atoms with van der Waals surface area (Å²) >= 11 is 12.4. The molecular weight excluding hydrogens is 411 g/mol. The number of rotatable bonds is 5. The predicted octanol–water partition coefficient (Wildman–Crippen LogP) is 4.92. The summed E-state index contributed by atoms with van der Waals surface area (Å²) in [6.45, 7) is 0. The number of hydrogen-bond donors (Lipinski definition) is 2. The second-order valence-electron chi connectivity index (χ2n) is 7.54. The average Bonchev–Trinajstić information content (AvgIpc) is 2.99. The van der Waals surface area contributed by atoms with Crippen LogP contribution in [0.3, 0.4) is 0 Å². The summed E-state index contributed by atoms with van der Waals surface area (Å²) in [5.74, 6) is -1.04. The minimum Gasteiger partial charge on any atom is -0.481 e. The molecule has 0 saturated heterocycles. The highest BCUT2D eigenvalue weighted by molar-refractivity contribution is 6.45. The third kappa shape index (κ3) is 3.49. The lowest BCUT2D eigenvalue weighted by atomic mass is 9.71. The molecule has 2 N–H and O–H groups in total. The van der Waals surface area contributed by atoms with Gasteiger partial charge >= 0.3 is 5.97 Å². The number of aliphatic carboxylic acids is 1. The van der Waals surface area contributed by atoms with Crippen molar-refractivity contribution in [1.29, 1.82) is 0 Å². The number of hydrogen-bond acceptors (Lipinski definition) is 2. The van der Waals surface area contributed by atoms with Gasteiger partial charge in [-0.25, -0.2) is 0 Å². The van der Waals surface area contributed by atoms with E-state index in [-0.39, 0.29) is 12.3 Å². The average molecular weight is 431 g/mol. The van der Waals surface area contributed by atoms with Gasteiger partial charge in [-0.1, -0.05) is 47.5 Å². The molecule has 1 aromatic heterocycles. The number of aryl methyl sites for hydroxylation is 1. The molecule has 3 aromatic rings. The van der Waals surface area contributed by atoms with Crippen LogP contribution >= 0.6 is 23.2 Å². The van der Waals surface area contributed by atoms with Crippen LogP contribution in [0.15, 0.2) is 42.5 Å². The fourth-order valence-electron chi connectivity index (χ4n) is 3.98. The van der Waals surface area contributed by atoms with Crippen molar-refractivity contribution in [2.45, 2.75) is 31.2 Å². The smallest absolute Gasteiger partial charge is 0.307 e. The maximum atomic E-state index is 13.1. The Labute approximate surface area is 178 Å². The van der Waals surface area contributed by atoms with Crippen LogP contribution in [0, 0.1) is 0 Å². The molecule has 5 nitrogen and oxygen atoms in total. The van der Waals surface area contributed by atoms with Crippen LogP contribution in [-0.2, 0) is 23.8 Å². The zero-order valence-corrected chi connectivity index (χ0v) is 17.3.